The number of piperidine rings is 1. The number of carbonyl (C=O) groups excluding carboxylic acids is 1. The minimum Gasteiger partial charge on any atom is -0.481 e. The molecule has 0 spiro atoms. The molecular weight excluding hydrogens is 296 g/mol. The van der Waals surface area contributed by atoms with E-state index in [0.717, 1.165) is 36.4 Å². The number of carboxylic acid groups (broad SMARTS) is 1. The molecule has 6 nitrogen and oxygen atoms in total. The number of amides is 1. The van der Waals surface area contributed by atoms with E-state index in [2.05, 4.69) is 5.16 Å². The Morgan fingerprint density at radius 1 is 1.43 bits per heavy atom. The van der Waals surface area contributed by atoms with Gasteiger partial charge in [-0.25, -0.2) is 0 Å². The molecule has 1 saturated heterocycles. The molecule has 2 rings (SSSR count). The van der Waals surface area contributed by atoms with Crippen molar-refractivity contribution >= 4 is 11.9 Å². The number of nitrogens with zero attached hydrogens (tertiary/aromatic N) is 2. The predicted molar refractivity (Wildman–Crippen MR) is 85.0 cm³/mol. The van der Waals surface area contributed by atoms with Crippen molar-refractivity contribution in [3.05, 3.63) is 17.0 Å². The minimum absolute atomic E-state index is 0.120. The lowest BCUT2D eigenvalue weighted by atomic mass is 9.91. The normalized spacial score (nSPS) is 19.6. The van der Waals surface area contributed by atoms with E-state index in [-0.39, 0.29) is 18.2 Å². The highest BCUT2D eigenvalue weighted by molar-refractivity contribution is 5.79. The predicted octanol–water partition coefficient (Wildman–Crippen LogP) is 2.57. The average molecular weight is 322 g/mol. The van der Waals surface area contributed by atoms with Crippen molar-refractivity contribution in [3.8, 4) is 0 Å². The van der Waals surface area contributed by atoms with Crippen molar-refractivity contribution in [2.45, 2.75) is 52.9 Å². The summed E-state index contributed by atoms with van der Waals surface area (Å²) >= 11 is 0. The molecule has 1 aromatic heterocycles. The summed E-state index contributed by atoms with van der Waals surface area (Å²) in [5.41, 5.74) is 1.87. The monoisotopic (exact) mass is 322 g/mol. The zero-order valence-corrected chi connectivity index (χ0v) is 14.2. The Hall–Kier alpha value is -1.85. The highest BCUT2D eigenvalue weighted by Gasteiger charge is 2.28. The maximum Gasteiger partial charge on any atom is 0.303 e. The molecule has 0 aromatic carbocycles. The number of carbonyl (C=O) groups is 2. The first-order chi connectivity index (χ1) is 10.9. The van der Waals surface area contributed by atoms with Gasteiger partial charge in [-0.1, -0.05) is 12.1 Å². The van der Waals surface area contributed by atoms with Gasteiger partial charge in [-0.3, -0.25) is 9.59 Å². The number of rotatable bonds is 6. The molecule has 0 radical (unpaired) electrons. The van der Waals surface area contributed by atoms with Crippen molar-refractivity contribution in [1.29, 1.82) is 0 Å². The standard InChI is InChI=1S/C17H26N2O4/c1-11(9-15-12(2)18-23-13(15)3)17(22)19-8-4-5-14(10-19)6-7-16(20)21/h11,14H,4-10H2,1-3H3,(H,20,21). The second-order valence-corrected chi connectivity index (χ2v) is 6.63. The van der Waals surface area contributed by atoms with Crippen LogP contribution in [0.25, 0.3) is 0 Å². The van der Waals surface area contributed by atoms with Crippen LogP contribution in [0.5, 0.6) is 0 Å². The van der Waals surface area contributed by atoms with Crippen LogP contribution >= 0.6 is 0 Å². The third-order valence-electron chi connectivity index (χ3n) is 4.71. The Morgan fingerprint density at radius 3 is 2.78 bits per heavy atom. The topological polar surface area (TPSA) is 83.6 Å². The quantitative estimate of drug-likeness (QED) is 0.870. The lowest BCUT2D eigenvalue weighted by Gasteiger charge is -2.34. The first kappa shape index (κ1) is 17.5. The number of hydrogen-bond donors (Lipinski definition) is 1. The zero-order chi connectivity index (χ0) is 17.0. The number of carboxylic acids is 1. The number of aliphatic carboxylic acids is 1. The first-order valence-electron chi connectivity index (χ1n) is 8.30. The molecule has 2 heterocycles. The smallest absolute Gasteiger partial charge is 0.303 e. The largest absolute Gasteiger partial charge is 0.481 e. The van der Waals surface area contributed by atoms with E-state index in [0.29, 0.717) is 25.3 Å². The Labute approximate surface area is 136 Å². The molecule has 0 aliphatic carbocycles. The van der Waals surface area contributed by atoms with E-state index in [9.17, 15) is 9.59 Å². The highest BCUT2D eigenvalue weighted by Crippen LogP contribution is 2.24. The van der Waals surface area contributed by atoms with Crippen LogP contribution in [0, 0.1) is 25.7 Å². The van der Waals surface area contributed by atoms with Crippen molar-refractivity contribution < 1.29 is 19.2 Å². The van der Waals surface area contributed by atoms with E-state index in [4.69, 9.17) is 9.63 Å². The summed E-state index contributed by atoms with van der Waals surface area (Å²) < 4.78 is 5.16. The summed E-state index contributed by atoms with van der Waals surface area (Å²) in [7, 11) is 0. The number of aryl methyl sites for hydroxylation is 2. The van der Waals surface area contributed by atoms with Crippen LogP contribution in [0.1, 0.15) is 49.6 Å². The second kappa shape index (κ2) is 7.62. The summed E-state index contributed by atoms with van der Waals surface area (Å²) in [6, 6.07) is 0. The minimum atomic E-state index is -0.764. The summed E-state index contributed by atoms with van der Waals surface area (Å²) in [5, 5.41) is 12.7. The van der Waals surface area contributed by atoms with Gasteiger partial charge in [-0.05, 0) is 45.4 Å². The van der Waals surface area contributed by atoms with Crippen LogP contribution in [0.4, 0.5) is 0 Å². The fraction of sp³-hybridized carbons (Fsp3) is 0.706. The summed E-state index contributed by atoms with van der Waals surface area (Å²) in [4.78, 5) is 25.3. The van der Waals surface area contributed by atoms with Crippen LogP contribution < -0.4 is 0 Å². The maximum atomic E-state index is 12.7. The van der Waals surface area contributed by atoms with Crippen LogP contribution in [0.3, 0.4) is 0 Å². The molecule has 2 atom stereocenters. The van der Waals surface area contributed by atoms with Crippen molar-refractivity contribution in [3.63, 3.8) is 0 Å². The van der Waals surface area contributed by atoms with Gasteiger partial charge in [0.05, 0.1) is 5.69 Å². The SMILES string of the molecule is Cc1noc(C)c1CC(C)C(=O)N1CCCC(CCC(=O)O)C1. The van der Waals surface area contributed by atoms with E-state index in [1.807, 2.05) is 25.7 Å². The summed E-state index contributed by atoms with van der Waals surface area (Å²) in [6.07, 6.45) is 3.43. The first-order valence-corrected chi connectivity index (χ1v) is 8.30. The van der Waals surface area contributed by atoms with Gasteiger partial charge in [0.25, 0.3) is 0 Å². The molecule has 1 aliphatic heterocycles. The Morgan fingerprint density at radius 2 is 2.17 bits per heavy atom. The van der Waals surface area contributed by atoms with Gasteiger partial charge in [0.1, 0.15) is 5.76 Å². The lowest BCUT2D eigenvalue weighted by Crippen LogP contribution is -2.43. The van der Waals surface area contributed by atoms with E-state index < -0.39 is 5.97 Å². The fourth-order valence-electron chi connectivity index (χ4n) is 3.33. The number of hydrogen-bond acceptors (Lipinski definition) is 4. The van der Waals surface area contributed by atoms with E-state index in [1.54, 1.807) is 0 Å². The van der Waals surface area contributed by atoms with Crippen LogP contribution in [-0.4, -0.2) is 40.1 Å². The van der Waals surface area contributed by atoms with Gasteiger partial charge >= 0.3 is 5.97 Å². The molecule has 6 heteroatoms. The molecule has 0 saturated carbocycles. The van der Waals surface area contributed by atoms with Gasteiger partial charge in [0.15, 0.2) is 0 Å². The third kappa shape index (κ3) is 4.56. The third-order valence-corrected chi connectivity index (χ3v) is 4.71. The molecule has 23 heavy (non-hydrogen) atoms. The van der Waals surface area contributed by atoms with Gasteiger partial charge < -0.3 is 14.5 Å². The molecule has 1 fully saturated rings. The van der Waals surface area contributed by atoms with Crippen molar-refractivity contribution in [2.24, 2.45) is 11.8 Å². The lowest BCUT2D eigenvalue weighted by molar-refractivity contribution is -0.137. The summed E-state index contributed by atoms with van der Waals surface area (Å²) in [5.74, 6) is 0.338. The number of likely N-dealkylation sites (tertiary alicyclic amines) is 1. The molecule has 1 aliphatic rings. The molecule has 1 aromatic rings. The highest BCUT2D eigenvalue weighted by atomic mass is 16.5. The van der Waals surface area contributed by atoms with Crippen LogP contribution in [0.2, 0.25) is 0 Å². The fourth-order valence-corrected chi connectivity index (χ4v) is 3.33. The molecule has 0 bridgehead atoms. The Kier molecular flexibility index (Phi) is 5.80. The van der Waals surface area contributed by atoms with Crippen LogP contribution in [-0.2, 0) is 16.0 Å². The van der Waals surface area contributed by atoms with Crippen LogP contribution in [0.15, 0.2) is 4.52 Å². The average Bonchev–Trinajstić information content (AvgIpc) is 2.84. The molecular formula is C17H26N2O4. The zero-order valence-electron chi connectivity index (χ0n) is 14.2. The van der Waals surface area contributed by atoms with Gasteiger partial charge in [-0.2, -0.15) is 0 Å². The second-order valence-electron chi connectivity index (χ2n) is 6.63. The van der Waals surface area contributed by atoms with Crippen molar-refractivity contribution in [2.75, 3.05) is 13.1 Å². The van der Waals surface area contributed by atoms with Gasteiger partial charge in [0.2, 0.25) is 5.91 Å². The summed E-state index contributed by atoms with van der Waals surface area (Å²) in [6.45, 7) is 7.16. The molecule has 2 unspecified atom stereocenters. The molecule has 1 N–H and O–H groups in total. The maximum absolute atomic E-state index is 12.7. The Bertz CT molecular complexity index is 547. The van der Waals surface area contributed by atoms with Gasteiger partial charge in [-0.15, -0.1) is 0 Å². The van der Waals surface area contributed by atoms with E-state index >= 15 is 0 Å². The van der Waals surface area contributed by atoms with Gasteiger partial charge in [0, 0.05) is 31.0 Å². The molecule has 128 valence electrons. The van der Waals surface area contributed by atoms with Crippen molar-refractivity contribution in [1.82, 2.24) is 10.1 Å². The number of aromatic nitrogens is 1. The molecule has 1 amide bonds. The van der Waals surface area contributed by atoms with E-state index in [1.165, 1.54) is 0 Å². The Balaban J connectivity index is 1.92.